The van der Waals surface area contributed by atoms with Crippen molar-refractivity contribution in [2.45, 2.75) is 38.6 Å². The molecule has 0 spiro atoms. The molecule has 7 nitrogen and oxygen atoms in total. The van der Waals surface area contributed by atoms with Crippen molar-refractivity contribution in [2.24, 2.45) is 0 Å². The number of anilines is 2. The molecule has 2 fully saturated rings. The van der Waals surface area contributed by atoms with Crippen molar-refractivity contribution in [2.75, 3.05) is 42.5 Å². The maximum atomic E-state index is 11.2. The van der Waals surface area contributed by atoms with E-state index in [0.29, 0.717) is 13.1 Å². The molecular weight excluding hydrogens is 294 g/mol. The Bertz CT molecular complexity index is 559. The molecule has 1 atom stereocenters. The fraction of sp³-hybridized carbons (Fsp3) is 0.688. The summed E-state index contributed by atoms with van der Waals surface area (Å²) in [6.07, 6.45) is 4.49. The average Bonchev–Trinajstić information content (AvgIpc) is 2.62. The number of carboxylic acids is 1. The smallest absolute Gasteiger partial charge is 0.322 e. The van der Waals surface area contributed by atoms with Gasteiger partial charge in [0, 0.05) is 44.5 Å². The molecule has 1 aromatic rings. The second-order valence-corrected chi connectivity index (χ2v) is 6.21. The maximum Gasteiger partial charge on any atom is 0.322 e. The first-order valence-electron chi connectivity index (χ1n) is 8.51. The van der Waals surface area contributed by atoms with Crippen molar-refractivity contribution in [3.63, 3.8) is 0 Å². The number of carboxylic acid groups (broad SMARTS) is 1. The Hall–Kier alpha value is -1.89. The monoisotopic (exact) mass is 319 g/mol. The number of nitrogens with zero attached hydrogens (tertiary/aromatic N) is 4. The first-order chi connectivity index (χ1) is 11.2. The molecule has 3 heterocycles. The van der Waals surface area contributed by atoms with Gasteiger partial charge in [-0.05, 0) is 25.7 Å². The second kappa shape index (κ2) is 7.12. The summed E-state index contributed by atoms with van der Waals surface area (Å²) >= 11 is 0. The Morgan fingerprint density at radius 1 is 1.26 bits per heavy atom. The molecule has 2 saturated heterocycles. The highest BCUT2D eigenvalue weighted by Crippen LogP contribution is 2.22. The number of aromatic nitrogens is 2. The van der Waals surface area contributed by atoms with Crippen LogP contribution in [0, 0.1) is 0 Å². The number of rotatable bonds is 4. The number of carbonyl (C=O) groups is 1. The molecule has 0 saturated carbocycles. The van der Waals surface area contributed by atoms with E-state index in [4.69, 9.17) is 4.98 Å². The lowest BCUT2D eigenvalue weighted by Gasteiger charge is -2.33. The maximum absolute atomic E-state index is 11.2. The third kappa shape index (κ3) is 3.72. The Labute approximate surface area is 136 Å². The third-order valence-corrected chi connectivity index (χ3v) is 4.55. The number of hydrogen-bond acceptors (Lipinski definition) is 6. The molecule has 7 heteroatoms. The van der Waals surface area contributed by atoms with Crippen molar-refractivity contribution in [1.82, 2.24) is 15.3 Å². The van der Waals surface area contributed by atoms with E-state index in [2.05, 4.69) is 27.0 Å². The van der Waals surface area contributed by atoms with Crippen LogP contribution in [0.5, 0.6) is 0 Å². The highest BCUT2D eigenvalue weighted by molar-refractivity contribution is 5.74. The van der Waals surface area contributed by atoms with E-state index in [-0.39, 0.29) is 0 Å². The molecule has 0 bridgehead atoms. The van der Waals surface area contributed by atoms with Crippen LogP contribution in [0.25, 0.3) is 0 Å². The van der Waals surface area contributed by atoms with Crippen molar-refractivity contribution < 1.29 is 9.90 Å². The minimum Gasteiger partial charge on any atom is -0.480 e. The molecule has 0 aliphatic carbocycles. The SMILES string of the molecule is CCc1cc(N2CCN[C@H](C(=O)O)C2)nc(N2CCCCC2)n1. The minimum absolute atomic E-state index is 0.439. The van der Waals surface area contributed by atoms with E-state index in [0.717, 1.165) is 43.5 Å². The van der Waals surface area contributed by atoms with Crippen molar-refractivity contribution in [3.05, 3.63) is 11.8 Å². The Morgan fingerprint density at radius 3 is 2.74 bits per heavy atom. The van der Waals surface area contributed by atoms with Gasteiger partial charge in [0.15, 0.2) is 0 Å². The lowest BCUT2D eigenvalue weighted by molar-refractivity contribution is -0.139. The Kier molecular flexibility index (Phi) is 4.95. The zero-order valence-corrected chi connectivity index (χ0v) is 13.7. The molecule has 2 aliphatic rings. The molecule has 23 heavy (non-hydrogen) atoms. The van der Waals surface area contributed by atoms with Gasteiger partial charge in [-0.3, -0.25) is 4.79 Å². The molecule has 0 aromatic carbocycles. The summed E-state index contributed by atoms with van der Waals surface area (Å²) in [4.78, 5) is 25.0. The summed E-state index contributed by atoms with van der Waals surface area (Å²) in [6.45, 7) is 5.96. The van der Waals surface area contributed by atoms with Crippen LogP contribution in [-0.4, -0.2) is 59.8 Å². The number of aliphatic carboxylic acids is 1. The molecular formula is C16H25N5O2. The van der Waals surface area contributed by atoms with Crippen LogP contribution >= 0.6 is 0 Å². The van der Waals surface area contributed by atoms with Crippen LogP contribution in [0.15, 0.2) is 6.07 Å². The van der Waals surface area contributed by atoms with Gasteiger partial charge in [0.1, 0.15) is 11.9 Å². The first-order valence-corrected chi connectivity index (χ1v) is 8.51. The average molecular weight is 319 g/mol. The van der Waals surface area contributed by atoms with Crippen molar-refractivity contribution in [3.8, 4) is 0 Å². The molecule has 1 aromatic heterocycles. The van der Waals surface area contributed by atoms with E-state index < -0.39 is 12.0 Å². The van der Waals surface area contributed by atoms with Gasteiger partial charge in [-0.1, -0.05) is 6.92 Å². The highest BCUT2D eigenvalue weighted by Gasteiger charge is 2.26. The predicted molar refractivity (Wildman–Crippen MR) is 89.1 cm³/mol. The van der Waals surface area contributed by atoms with Crippen LogP contribution in [0.2, 0.25) is 0 Å². The second-order valence-electron chi connectivity index (χ2n) is 6.21. The van der Waals surface area contributed by atoms with Crippen LogP contribution in [0.3, 0.4) is 0 Å². The molecule has 0 radical (unpaired) electrons. The quantitative estimate of drug-likeness (QED) is 0.853. The van der Waals surface area contributed by atoms with E-state index in [1.807, 2.05) is 6.07 Å². The van der Waals surface area contributed by atoms with Crippen molar-refractivity contribution in [1.29, 1.82) is 0 Å². The molecule has 2 aliphatic heterocycles. The molecule has 0 amide bonds. The lowest BCUT2D eigenvalue weighted by atomic mass is 10.1. The molecule has 2 N–H and O–H groups in total. The highest BCUT2D eigenvalue weighted by atomic mass is 16.4. The van der Waals surface area contributed by atoms with E-state index >= 15 is 0 Å². The van der Waals surface area contributed by atoms with Gasteiger partial charge in [-0.2, -0.15) is 4.98 Å². The van der Waals surface area contributed by atoms with E-state index in [9.17, 15) is 9.90 Å². The Morgan fingerprint density at radius 2 is 2.04 bits per heavy atom. The van der Waals surface area contributed by atoms with E-state index in [1.54, 1.807) is 0 Å². The molecule has 0 unspecified atom stereocenters. The lowest BCUT2D eigenvalue weighted by Crippen LogP contribution is -2.54. The van der Waals surface area contributed by atoms with Gasteiger partial charge in [0.2, 0.25) is 5.95 Å². The van der Waals surface area contributed by atoms with Crippen molar-refractivity contribution >= 4 is 17.7 Å². The number of hydrogen-bond donors (Lipinski definition) is 2. The summed E-state index contributed by atoms with van der Waals surface area (Å²) < 4.78 is 0. The zero-order valence-electron chi connectivity index (χ0n) is 13.7. The summed E-state index contributed by atoms with van der Waals surface area (Å²) in [5, 5.41) is 12.3. The summed E-state index contributed by atoms with van der Waals surface area (Å²) in [7, 11) is 0. The van der Waals surface area contributed by atoms with Crippen LogP contribution in [0.1, 0.15) is 31.9 Å². The summed E-state index contributed by atoms with van der Waals surface area (Å²) in [6, 6.07) is 1.46. The fourth-order valence-corrected chi connectivity index (χ4v) is 3.17. The predicted octanol–water partition coefficient (Wildman–Crippen LogP) is 0.892. The first kappa shape index (κ1) is 16.0. The van der Waals surface area contributed by atoms with Crippen LogP contribution in [0.4, 0.5) is 11.8 Å². The van der Waals surface area contributed by atoms with Gasteiger partial charge >= 0.3 is 5.97 Å². The number of nitrogens with one attached hydrogen (secondary N) is 1. The standard InChI is InChI=1S/C16H25N5O2/c1-2-12-10-14(21-9-6-17-13(11-21)15(22)23)19-16(18-12)20-7-4-3-5-8-20/h10,13,17H,2-9,11H2,1H3,(H,22,23)/t13-/m0/s1. The zero-order chi connectivity index (χ0) is 16.2. The summed E-state index contributed by atoms with van der Waals surface area (Å²) in [5.41, 5.74) is 1.01. The number of aryl methyl sites for hydroxylation is 1. The molecule has 126 valence electrons. The van der Waals surface area contributed by atoms with Gasteiger partial charge in [-0.15, -0.1) is 0 Å². The molecule has 3 rings (SSSR count). The normalized spacial score (nSPS) is 22.2. The number of piperidine rings is 1. The fourth-order valence-electron chi connectivity index (χ4n) is 3.17. The van der Waals surface area contributed by atoms with Crippen LogP contribution < -0.4 is 15.1 Å². The van der Waals surface area contributed by atoms with Gasteiger partial charge in [-0.25, -0.2) is 4.98 Å². The van der Waals surface area contributed by atoms with Gasteiger partial charge < -0.3 is 20.2 Å². The van der Waals surface area contributed by atoms with Crippen LogP contribution in [-0.2, 0) is 11.2 Å². The third-order valence-electron chi connectivity index (χ3n) is 4.55. The van der Waals surface area contributed by atoms with E-state index in [1.165, 1.54) is 19.3 Å². The topological polar surface area (TPSA) is 81.6 Å². The largest absolute Gasteiger partial charge is 0.480 e. The van der Waals surface area contributed by atoms with Gasteiger partial charge in [0.05, 0.1) is 0 Å². The minimum atomic E-state index is -0.810. The number of piperazine rings is 1. The summed E-state index contributed by atoms with van der Waals surface area (Å²) in [5.74, 6) is 0.838. The van der Waals surface area contributed by atoms with Gasteiger partial charge in [0.25, 0.3) is 0 Å². The Balaban J connectivity index is 1.84.